The van der Waals surface area contributed by atoms with Gasteiger partial charge in [-0.15, -0.1) is 0 Å². The largest absolute Gasteiger partial charge is 0.497 e. The van der Waals surface area contributed by atoms with Crippen molar-refractivity contribution in [3.63, 3.8) is 0 Å². The summed E-state index contributed by atoms with van der Waals surface area (Å²) in [7, 11) is 1.46. The number of aromatic nitrogens is 3. The highest BCUT2D eigenvalue weighted by molar-refractivity contribution is 6.05. The van der Waals surface area contributed by atoms with E-state index in [9.17, 15) is 22.8 Å². The van der Waals surface area contributed by atoms with Crippen molar-refractivity contribution >= 4 is 17.2 Å². The number of anilines is 1. The molecule has 0 aliphatic carbocycles. The van der Waals surface area contributed by atoms with E-state index < -0.39 is 23.3 Å². The fraction of sp³-hybridized carbons (Fsp3) is 0.136. The van der Waals surface area contributed by atoms with Crippen LogP contribution in [0.25, 0.3) is 16.8 Å². The zero-order chi connectivity index (χ0) is 23.0. The summed E-state index contributed by atoms with van der Waals surface area (Å²) in [6, 6.07) is 14.3. The number of hydrogen-bond donors (Lipinski definition) is 2. The summed E-state index contributed by atoms with van der Waals surface area (Å²) in [6.45, 7) is 1.40. The summed E-state index contributed by atoms with van der Waals surface area (Å²) in [5.74, 6) is -0.316. The number of ether oxygens (including phenoxy) is 1. The lowest BCUT2D eigenvalue weighted by atomic mass is 10.1. The van der Waals surface area contributed by atoms with Crippen molar-refractivity contribution in [1.29, 1.82) is 0 Å². The molecule has 0 aliphatic rings. The number of hydrogen-bond acceptors (Lipinski definition) is 4. The number of amides is 1. The predicted molar refractivity (Wildman–Crippen MR) is 112 cm³/mol. The number of alkyl halides is 3. The number of methoxy groups -OCH3 is 1. The average molecular weight is 442 g/mol. The second kappa shape index (κ2) is 7.88. The molecule has 0 radical (unpaired) electrons. The third-order valence-electron chi connectivity index (χ3n) is 4.86. The SMILES string of the molecule is COc1cccc(NC(=O)c2c(C)nc3c(-c4ccccc4)c(C(F)(F)F)[nH]n3c2=O)c1. The highest BCUT2D eigenvalue weighted by Gasteiger charge is 2.38. The first-order chi connectivity index (χ1) is 15.2. The Balaban J connectivity index is 1.88. The van der Waals surface area contributed by atoms with Crippen LogP contribution in [0.4, 0.5) is 18.9 Å². The number of benzene rings is 2. The van der Waals surface area contributed by atoms with Gasteiger partial charge in [0.05, 0.1) is 18.4 Å². The molecular weight excluding hydrogens is 425 g/mol. The van der Waals surface area contributed by atoms with Crippen molar-refractivity contribution in [3.8, 4) is 16.9 Å². The fourth-order valence-electron chi connectivity index (χ4n) is 3.42. The normalized spacial score (nSPS) is 11.5. The van der Waals surface area contributed by atoms with E-state index in [-0.39, 0.29) is 28.0 Å². The minimum atomic E-state index is -4.78. The molecule has 4 aromatic rings. The number of fused-ring (bicyclic) bond motifs is 1. The Morgan fingerprint density at radius 1 is 1.12 bits per heavy atom. The van der Waals surface area contributed by atoms with E-state index in [1.54, 1.807) is 42.5 Å². The maximum Gasteiger partial charge on any atom is 0.433 e. The van der Waals surface area contributed by atoms with Crippen LogP contribution in [0.2, 0.25) is 0 Å². The quantitative estimate of drug-likeness (QED) is 0.494. The maximum atomic E-state index is 13.8. The number of rotatable bonds is 4. The smallest absolute Gasteiger partial charge is 0.433 e. The number of aryl methyl sites for hydroxylation is 1. The van der Waals surface area contributed by atoms with Crippen molar-refractivity contribution < 1.29 is 22.7 Å². The molecule has 0 fully saturated rings. The van der Waals surface area contributed by atoms with E-state index in [0.29, 0.717) is 16.0 Å². The first kappa shape index (κ1) is 21.2. The van der Waals surface area contributed by atoms with Gasteiger partial charge in [0.15, 0.2) is 5.65 Å². The van der Waals surface area contributed by atoms with Crippen LogP contribution in [0, 0.1) is 6.92 Å². The van der Waals surface area contributed by atoms with Gasteiger partial charge in [0.2, 0.25) is 0 Å². The van der Waals surface area contributed by atoms with Crippen LogP contribution in [0.15, 0.2) is 59.4 Å². The van der Waals surface area contributed by atoms with Crippen LogP contribution in [0.5, 0.6) is 5.75 Å². The highest BCUT2D eigenvalue weighted by Crippen LogP contribution is 2.38. The summed E-state index contributed by atoms with van der Waals surface area (Å²) in [5.41, 5.74) is -2.34. The van der Waals surface area contributed by atoms with Gasteiger partial charge in [-0.25, -0.2) is 4.98 Å². The molecule has 2 aromatic carbocycles. The van der Waals surface area contributed by atoms with E-state index in [1.807, 2.05) is 0 Å². The second-order valence-corrected chi connectivity index (χ2v) is 6.95. The molecule has 0 unspecified atom stereocenters. The molecule has 0 spiro atoms. The first-order valence-corrected chi connectivity index (χ1v) is 9.44. The number of halogens is 3. The molecule has 2 aromatic heterocycles. The van der Waals surface area contributed by atoms with Gasteiger partial charge in [-0.2, -0.15) is 17.7 Å². The van der Waals surface area contributed by atoms with Crippen LogP contribution in [0.3, 0.4) is 0 Å². The molecule has 164 valence electrons. The van der Waals surface area contributed by atoms with Crippen LogP contribution in [-0.4, -0.2) is 27.6 Å². The topological polar surface area (TPSA) is 88.5 Å². The van der Waals surface area contributed by atoms with E-state index in [2.05, 4.69) is 15.4 Å². The molecule has 10 heteroatoms. The lowest BCUT2D eigenvalue weighted by Gasteiger charge is -2.09. The standard InChI is InChI=1S/C22H17F3N4O3/c1-12-16(20(30)27-14-9-6-10-15(11-14)32-2)21(31)29-19(26-12)17(13-7-4-3-5-8-13)18(28-29)22(23,24)25/h3-11,28H,1-2H3,(H,27,30). The Morgan fingerprint density at radius 2 is 1.84 bits per heavy atom. The van der Waals surface area contributed by atoms with Gasteiger partial charge in [-0.3, -0.25) is 14.7 Å². The summed E-state index contributed by atoms with van der Waals surface area (Å²) >= 11 is 0. The number of nitrogens with one attached hydrogen (secondary N) is 2. The van der Waals surface area contributed by atoms with Gasteiger partial charge in [0.1, 0.15) is 17.0 Å². The summed E-state index contributed by atoms with van der Waals surface area (Å²) in [6.07, 6.45) is -4.78. The Labute approximate surface area is 179 Å². The van der Waals surface area contributed by atoms with Crippen molar-refractivity contribution in [2.45, 2.75) is 13.1 Å². The van der Waals surface area contributed by atoms with Gasteiger partial charge in [-0.05, 0) is 24.6 Å². The Kier molecular flexibility index (Phi) is 5.21. The molecule has 0 aliphatic heterocycles. The molecule has 32 heavy (non-hydrogen) atoms. The Morgan fingerprint density at radius 3 is 2.50 bits per heavy atom. The highest BCUT2D eigenvalue weighted by atomic mass is 19.4. The van der Waals surface area contributed by atoms with Gasteiger partial charge in [-0.1, -0.05) is 36.4 Å². The molecule has 0 saturated carbocycles. The van der Waals surface area contributed by atoms with Crippen molar-refractivity contribution in [3.05, 3.63) is 81.9 Å². The van der Waals surface area contributed by atoms with Crippen LogP contribution in [0.1, 0.15) is 21.7 Å². The molecular formula is C22H17F3N4O3. The lowest BCUT2D eigenvalue weighted by molar-refractivity contribution is -0.140. The van der Waals surface area contributed by atoms with E-state index in [4.69, 9.17) is 4.74 Å². The minimum absolute atomic E-state index is 0.000279. The van der Waals surface area contributed by atoms with E-state index in [0.717, 1.165) is 0 Å². The predicted octanol–water partition coefficient (Wildman–Crippen LogP) is 4.28. The monoisotopic (exact) mass is 442 g/mol. The van der Waals surface area contributed by atoms with E-state index in [1.165, 1.54) is 26.2 Å². The molecule has 0 atom stereocenters. The van der Waals surface area contributed by atoms with Crippen LogP contribution >= 0.6 is 0 Å². The number of aromatic amines is 1. The second-order valence-electron chi connectivity index (χ2n) is 6.95. The number of H-pyrrole nitrogens is 1. The van der Waals surface area contributed by atoms with Crippen LogP contribution in [-0.2, 0) is 6.18 Å². The third kappa shape index (κ3) is 3.70. The van der Waals surface area contributed by atoms with Gasteiger partial charge < -0.3 is 10.1 Å². The first-order valence-electron chi connectivity index (χ1n) is 9.44. The Hall–Kier alpha value is -4.08. The van der Waals surface area contributed by atoms with E-state index >= 15 is 0 Å². The van der Waals surface area contributed by atoms with Crippen LogP contribution < -0.4 is 15.6 Å². The van der Waals surface area contributed by atoms with Crippen molar-refractivity contribution in [2.24, 2.45) is 0 Å². The minimum Gasteiger partial charge on any atom is -0.497 e. The molecule has 4 rings (SSSR count). The third-order valence-corrected chi connectivity index (χ3v) is 4.86. The lowest BCUT2D eigenvalue weighted by Crippen LogP contribution is -2.29. The van der Waals surface area contributed by atoms with Gasteiger partial charge in [0.25, 0.3) is 11.5 Å². The summed E-state index contributed by atoms with van der Waals surface area (Å²) in [4.78, 5) is 30.1. The summed E-state index contributed by atoms with van der Waals surface area (Å²) in [5, 5.41) is 4.65. The zero-order valence-corrected chi connectivity index (χ0v) is 16.9. The summed E-state index contributed by atoms with van der Waals surface area (Å²) < 4.78 is 47.0. The van der Waals surface area contributed by atoms with Gasteiger partial charge in [0, 0.05) is 11.8 Å². The molecule has 0 saturated heterocycles. The molecule has 1 amide bonds. The van der Waals surface area contributed by atoms with Crippen molar-refractivity contribution in [1.82, 2.24) is 14.6 Å². The molecule has 7 nitrogen and oxygen atoms in total. The molecule has 2 heterocycles. The average Bonchev–Trinajstić information content (AvgIpc) is 3.14. The van der Waals surface area contributed by atoms with Crippen molar-refractivity contribution in [2.75, 3.05) is 12.4 Å². The number of nitrogens with zero attached hydrogens (tertiary/aromatic N) is 2. The number of carbonyl (C=O) groups excluding carboxylic acids is 1. The van der Waals surface area contributed by atoms with Gasteiger partial charge >= 0.3 is 6.18 Å². The molecule has 2 N–H and O–H groups in total. The maximum absolute atomic E-state index is 13.8. The number of carbonyl (C=O) groups is 1. The fourth-order valence-corrected chi connectivity index (χ4v) is 3.42. The Bertz CT molecular complexity index is 1380. The molecule has 0 bridgehead atoms. The zero-order valence-electron chi connectivity index (χ0n) is 16.9.